The Morgan fingerprint density at radius 2 is 2.00 bits per heavy atom. The lowest BCUT2D eigenvalue weighted by Gasteiger charge is -2.28. The maximum atomic E-state index is 12.3. The summed E-state index contributed by atoms with van der Waals surface area (Å²) in [6, 6.07) is -1.25. The monoisotopic (exact) mass is 254 g/mol. The van der Waals surface area contributed by atoms with E-state index in [1.165, 1.54) is 4.90 Å². The average molecular weight is 254 g/mol. The van der Waals surface area contributed by atoms with E-state index in [4.69, 9.17) is 5.73 Å². The number of carboxylic acid groups (broad SMARTS) is 1. The zero-order chi connectivity index (χ0) is 13.4. The number of fused-ring (bicyclic) bond motifs is 1. The highest BCUT2D eigenvalue weighted by Gasteiger charge is 2.50. The lowest BCUT2D eigenvalue weighted by Crippen LogP contribution is -2.51. The standard InChI is InChI=1S/C13H22N2O3/c1-7(2)10(14)12(16)15-6-8-4-3-5-9(8)11(15)13(17)18/h7-11H,3-6,14H2,1-2H3,(H,17,18)/t8-,9-,10-,11-/m0/s1. The molecule has 5 heteroatoms. The van der Waals surface area contributed by atoms with Crippen LogP contribution in [0.4, 0.5) is 0 Å². The van der Waals surface area contributed by atoms with E-state index in [0.29, 0.717) is 12.5 Å². The van der Waals surface area contributed by atoms with E-state index >= 15 is 0 Å². The molecule has 1 heterocycles. The van der Waals surface area contributed by atoms with Gasteiger partial charge in [-0.1, -0.05) is 20.3 Å². The Hall–Kier alpha value is -1.10. The van der Waals surface area contributed by atoms with Crippen LogP contribution in [-0.4, -0.2) is 40.5 Å². The van der Waals surface area contributed by atoms with Gasteiger partial charge in [-0.15, -0.1) is 0 Å². The van der Waals surface area contributed by atoms with E-state index in [-0.39, 0.29) is 17.7 Å². The minimum absolute atomic E-state index is 0.0346. The van der Waals surface area contributed by atoms with Gasteiger partial charge in [0.05, 0.1) is 6.04 Å². The van der Waals surface area contributed by atoms with E-state index in [0.717, 1.165) is 19.3 Å². The molecule has 1 amide bonds. The van der Waals surface area contributed by atoms with Gasteiger partial charge in [0, 0.05) is 6.54 Å². The predicted octanol–water partition coefficient (Wildman–Crippen LogP) is 0.681. The molecule has 3 N–H and O–H groups in total. The number of carboxylic acids is 1. The fourth-order valence-corrected chi connectivity index (χ4v) is 3.33. The number of carbonyl (C=O) groups is 2. The fraction of sp³-hybridized carbons (Fsp3) is 0.846. The van der Waals surface area contributed by atoms with Gasteiger partial charge >= 0.3 is 5.97 Å². The summed E-state index contributed by atoms with van der Waals surface area (Å²) >= 11 is 0. The van der Waals surface area contributed by atoms with Gasteiger partial charge in [-0.05, 0) is 30.6 Å². The van der Waals surface area contributed by atoms with Crippen LogP contribution < -0.4 is 5.73 Å². The third-order valence-corrected chi connectivity index (χ3v) is 4.43. The number of carbonyl (C=O) groups excluding carboxylic acids is 1. The Balaban J connectivity index is 2.17. The summed E-state index contributed by atoms with van der Waals surface area (Å²) in [6.45, 7) is 4.34. The summed E-state index contributed by atoms with van der Waals surface area (Å²) in [5, 5.41) is 9.37. The van der Waals surface area contributed by atoms with Gasteiger partial charge in [0.15, 0.2) is 0 Å². The maximum absolute atomic E-state index is 12.3. The number of hydrogen-bond donors (Lipinski definition) is 2. The molecule has 0 unspecified atom stereocenters. The Morgan fingerprint density at radius 3 is 2.56 bits per heavy atom. The number of likely N-dealkylation sites (tertiary alicyclic amines) is 1. The van der Waals surface area contributed by atoms with Crippen LogP contribution in [0, 0.1) is 17.8 Å². The Labute approximate surface area is 107 Å². The SMILES string of the molecule is CC(C)[C@H](N)C(=O)N1C[C@@H]2CCC[C@@H]2[C@H]1C(=O)O. The van der Waals surface area contributed by atoms with Crippen molar-refractivity contribution in [2.24, 2.45) is 23.5 Å². The molecule has 0 aromatic rings. The summed E-state index contributed by atoms with van der Waals surface area (Å²) < 4.78 is 0. The highest BCUT2D eigenvalue weighted by molar-refractivity contribution is 5.88. The molecule has 1 aliphatic carbocycles. The van der Waals surface area contributed by atoms with Crippen molar-refractivity contribution in [3.8, 4) is 0 Å². The first-order valence-electron chi connectivity index (χ1n) is 6.72. The topological polar surface area (TPSA) is 83.6 Å². The Kier molecular flexibility index (Phi) is 3.61. The zero-order valence-corrected chi connectivity index (χ0v) is 11.0. The number of nitrogens with two attached hydrogens (primary N) is 1. The van der Waals surface area contributed by atoms with Crippen LogP contribution in [0.2, 0.25) is 0 Å². The molecule has 5 nitrogen and oxygen atoms in total. The number of rotatable bonds is 3. The van der Waals surface area contributed by atoms with Crippen LogP contribution in [0.1, 0.15) is 33.1 Å². The van der Waals surface area contributed by atoms with E-state index in [1.807, 2.05) is 13.8 Å². The second-order valence-electron chi connectivity index (χ2n) is 5.90. The van der Waals surface area contributed by atoms with Crippen molar-refractivity contribution < 1.29 is 14.7 Å². The van der Waals surface area contributed by atoms with Crippen LogP contribution in [-0.2, 0) is 9.59 Å². The molecule has 1 saturated heterocycles. The van der Waals surface area contributed by atoms with Gasteiger partial charge in [-0.2, -0.15) is 0 Å². The van der Waals surface area contributed by atoms with Gasteiger partial charge in [-0.3, -0.25) is 4.79 Å². The van der Waals surface area contributed by atoms with Crippen molar-refractivity contribution in [2.75, 3.05) is 6.54 Å². The highest BCUT2D eigenvalue weighted by atomic mass is 16.4. The lowest BCUT2D eigenvalue weighted by molar-refractivity contribution is -0.150. The van der Waals surface area contributed by atoms with Gasteiger partial charge in [0.2, 0.25) is 5.91 Å². The lowest BCUT2D eigenvalue weighted by atomic mass is 9.94. The normalized spacial score (nSPS) is 32.7. The summed E-state index contributed by atoms with van der Waals surface area (Å²) in [5.74, 6) is -0.562. The molecule has 102 valence electrons. The largest absolute Gasteiger partial charge is 0.480 e. The molecule has 2 rings (SSSR count). The number of nitrogens with zero attached hydrogens (tertiary/aromatic N) is 1. The van der Waals surface area contributed by atoms with Crippen LogP contribution in [0.25, 0.3) is 0 Å². The highest BCUT2D eigenvalue weighted by Crippen LogP contribution is 2.42. The number of amides is 1. The van der Waals surface area contributed by atoms with Gasteiger partial charge in [0.25, 0.3) is 0 Å². The third kappa shape index (κ3) is 2.11. The molecule has 0 radical (unpaired) electrons. The van der Waals surface area contributed by atoms with Crippen molar-refractivity contribution >= 4 is 11.9 Å². The van der Waals surface area contributed by atoms with Gasteiger partial charge in [-0.25, -0.2) is 4.79 Å². The molecule has 0 spiro atoms. The minimum Gasteiger partial charge on any atom is -0.480 e. The maximum Gasteiger partial charge on any atom is 0.326 e. The first-order chi connectivity index (χ1) is 8.43. The first-order valence-corrected chi connectivity index (χ1v) is 6.72. The summed E-state index contributed by atoms with van der Waals surface area (Å²) in [6.07, 6.45) is 3.04. The minimum atomic E-state index is -0.881. The number of aliphatic carboxylic acids is 1. The van der Waals surface area contributed by atoms with Crippen LogP contribution in [0.5, 0.6) is 0 Å². The van der Waals surface area contributed by atoms with Crippen LogP contribution in [0.3, 0.4) is 0 Å². The van der Waals surface area contributed by atoms with Crippen molar-refractivity contribution in [1.82, 2.24) is 4.90 Å². The smallest absolute Gasteiger partial charge is 0.326 e. The average Bonchev–Trinajstić information content (AvgIpc) is 2.85. The van der Waals surface area contributed by atoms with E-state index in [1.54, 1.807) is 0 Å². The van der Waals surface area contributed by atoms with Crippen molar-refractivity contribution in [1.29, 1.82) is 0 Å². The van der Waals surface area contributed by atoms with Crippen LogP contribution >= 0.6 is 0 Å². The van der Waals surface area contributed by atoms with Crippen LogP contribution in [0.15, 0.2) is 0 Å². The summed E-state index contributed by atoms with van der Waals surface area (Å²) in [5.41, 5.74) is 5.87. The molecular formula is C13H22N2O3. The molecular weight excluding hydrogens is 232 g/mol. The quantitative estimate of drug-likeness (QED) is 0.776. The summed E-state index contributed by atoms with van der Waals surface area (Å²) in [4.78, 5) is 25.2. The molecule has 2 aliphatic rings. The van der Waals surface area contributed by atoms with E-state index < -0.39 is 18.1 Å². The Morgan fingerprint density at radius 1 is 1.33 bits per heavy atom. The molecule has 2 fully saturated rings. The summed E-state index contributed by atoms with van der Waals surface area (Å²) in [7, 11) is 0. The fourth-order valence-electron chi connectivity index (χ4n) is 3.33. The third-order valence-electron chi connectivity index (χ3n) is 4.43. The molecule has 4 atom stereocenters. The van der Waals surface area contributed by atoms with Crippen molar-refractivity contribution in [2.45, 2.75) is 45.2 Å². The Bertz CT molecular complexity index is 356. The zero-order valence-electron chi connectivity index (χ0n) is 11.0. The molecule has 18 heavy (non-hydrogen) atoms. The first kappa shape index (κ1) is 13.3. The second kappa shape index (κ2) is 4.88. The molecule has 0 aromatic heterocycles. The van der Waals surface area contributed by atoms with Crippen molar-refractivity contribution in [3.63, 3.8) is 0 Å². The van der Waals surface area contributed by atoms with E-state index in [9.17, 15) is 14.7 Å². The van der Waals surface area contributed by atoms with Crippen molar-refractivity contribution in [3.05, 3.63) is 0 Å². The predicted molar refractivity (Wildman–Crippen MR) is 66.8 cm³/mol. The second-order valence-corrected chi connectivity index (χ2v) is 5.90. The molecule has 1 saturated carbocycles. The number of hydrogen-bond acceptors (Lipinski definition) is 3. The van der Waals surface area contributed by atoms with Gasteiger partial charge in [0.1, 0.15) is 6.04 Å². The van der Waals surface area contributed by atoms with E-state index in [2.05, 4.69) is 0 Å². The molecule has 1 aliphatic heterocycles. The van der Waals surface area contributed by atoms with Gasteiger partial charge < -0.3 is 15.7 Å². The molecule has 0 aromatic carbocycles. The molecule has 0 bridgehead atoms.